The maximum absolute atomic E-state index is 11.4. The third-order valence-electron chi connectivity index (χ3n) is 1.99. The molecule has 1 fully saturated rings. The van der Waals surface area contributed by atoms with Gasteiger partial charge in [0.2, 0.25) is 0 Å². The molecule has 0 bridgehead atoms. The van der Waals surface area contributed by atoms with Crippen LogP contribution in [0.25, 0.3) is 0 Å². The third kappa shape index (κ3) is 4.48. The number of ether oxygens (including phenoxy) is 2. The van der Waals surface area contributed by atoms with Crippen molar-refractivity contribution in [3.05, 3.63) is 0 Å². The van der Waals surface area contributed by atoms with E-state index in [1.165, 1.54) is 0 Å². The molecule has 0 aromatic rings. The fourth-order valence-corrected chi connectivity index (χ4v) is 1.37. The maximum atomic E-state index is 11.4. The molecule has 0 unspecified atom stereocenters. The number of aliphatic hydroxyl groups excluding tert-OH is 1. The lowest BCUT2D eigenvalue weighted by Gasteiger charge is -2.29. The average Bonchev–Trinajstić information content (AvgIpc) is 2.05. The summed E-state index contributed by atoms with van der Waals surface area (Å²) in [5.74, 6) is 0. The molecule has 1 rings (SSSR count). The zero-order chi connectivity index (χ0) is 11.5. The second-order valence-corrected chi connectivity index (χ2v) is 4.66. The van der Waals surface area contributed by atoms with Crippen LogP contribution < -0.4 is 5.32 Å². The average molecular weight is 217 g/mol. The molecular weight excluding hydrogens is 198 g/mol. The lowest BCUT2D eigenvalue weighted by atomic mass is 10.1. The van der Waals surface area contributed by atoms with Crippen LogP contribution in [0.2, 0.25) is 0 Å². The Hall–Kier alpha value is -0.810. The minimum absolute atomic E-state index is 0.367. The summed E-state index contributed by atoms with van der Waals surface area (Å²) in [6.07, 6.45) is 0.0982. The molecule has 1 aliphatic rings. The third-order valence-corrected chi connectivity index (χ3v) is 1.99. The molecule has 15 heavy (non-hydrogen) atoms. The molecule has 88 valence electrons. The minimum Gasteiger partial charge on any atom is -0.444 e. The molecule has 0 aromatic carbocycles. The van der Waals surface area contributed by atoms with Gasteiger partial charge in [-0.2, -0.15) is 0 Å². The van der Waals surface area contributed by atoms with E-state index in [0.717, 1.165) is 6.42 Å². The smallest absolute Gasteiger partial charge is 0.408 e. The molecule has 2 atom stereocenters. The molecule has 1 heterocycles. The molecule has 0 radical (unpaired) electrons. The highest BCUT2D eigenvalue weighted by Gasteiger charge is 2.27. The predicted molar refractivity (Wildman–Crippen MR) is 54.4 cm³/mol. The lowest BCUT2D eigenvalue weighted by molar-refractivity contribution is -0.141. The number of hydrogen-bond acceptors (Lipinski definition) is 4. The zero-order valence-electron chi connectivity index (χ0n) is 9.45. The zero-order valence-corrected chi connectivity index (χ0v) is 9.45. The van der Waals surface area contributed by atoms with Crippen molar-refractivity contribution < 1.29 is 19.4 Å². The predicted octanol–water partition coefficient (Wildman–Crippen LogP) is 1.01. The normalized spacial score (nSPS) is 27.2. The Bertz CT molecular complexity index is 224. The number of rotatable bonds is 1. The van der Waals surface area contributed by atoms with Crippen LogP contribution in [0.5, 0.6) is 0 Å². The van der Waals surface area contributed by atoms with Crippen molar-refractivity contribution in [1.29, 1.82) is 0 Å². The number of carbonyl (C=O) groups excluding carboxylic acids is 1. The van der Waals surface area contributed by atoms with E-state index in [9.17, 15) is 9.90 Å². The fourth-order valence-electron chi connectivity index (χ4n) is 1.37. The van der Waals surface area contributed by atoms with Crippen molar-refractivity contribution >= 4 is 6.09 Å². The van der Waals surface area contributed by atoms with Gasteiger partial charge in [0.25, 0.3) is 0 Å². The van der Waals surface area contributed by atoms with Crippen LogP contribution in [-0.4, -0.2) is 35.7 Å². The topological polar surface area (TPSA) is 67.8 Å². The summed E-state index contributed by atoms with van der Waals surface area (Å²) in [5, 5.41) is 12.0. The van der Waals surface area contributed by atoms with E-state index in [1.54, 1.807) is 20.8 Å². The molecular formula is C10H19NO4. The molecule has 0 aliphatic carbocycles. The second-order valence-electron chi connectivity index (χ2n) is 4.66. The Morgan fingerprint density at radius 1 is 1.53 bits per heavy atom. The van der Waals surface area contributed by atoms with E-state index < -0.39 is 18.0 Å². The van der Waals surface area contributed by atoms with Gasteiger partial charge in [0.15, 0.2) is 6.29 Å². The van der Waals surface area contributed by atoms with Crippen molar-refractivity contribution in [2.45, 2.75) is 51.5 Å². The molecule has 5 nitrogen and oxygen atoms in total. The SMILES string of the molecule is CC(C)(C)OC(=O)N[C@H]1CCCO[C@@H]1O. The van der Waals surface area contributed by atoms with Gasteiger partial charge in [0.05, 0.1) is 6.04 Å². The van der Waals surface area contributed by atoms with E-state index >= 15 is 0 Å². The highest BCUT2D eigenvalue weighted by Crippen LogP contribution is 2.13. The van der Waals surface area contributed by atoms with Gasteiger partial charge >= 0.3 is 6.09 Å². The van der Waals surface area contributed by atoms with Crippen molar-refractivity contribution in [2.24, 2.45) is 0 Å². The van der Waals surface area contributed by atoms with Crippen LogP contribution in [0.3, 0.4) is 0 Å². The van der Waals surface area contributed by atoms with Gasteiger partial charge in [-0.3, -0.25) is 0 Å². The van der Waals surface area contributed by atoms with E-state index in [0.29, 0.717) is 13.0 Å². The number of nitrogens with one attached hydrogen (secondary N) is 1. The number of carbonyl (C=O) groups is 1. The molecule has 0 aromatic heterocycles. The lowest BCUT2D eigenvalue weighted by Crippen LogP contribution is -2.48. The van der Waals surface area contributed by atoms with Crippen molar-refractivity contribution in [3.63, 3.8) is 0 Å². The largest absolute Gasteiger partial charge is 0.444 e. The van der Waals surface area contributed by atoms with E-state index in [2.05, 4.69) is 5.32 Å². The molecule has 1 saturated heterocycles. The Morgan fingerprint density at radius 3 is 2.73 bits per heavy atom. The van der Waals surface area contributed by atoms with Gasteiger partial charge < -0.3 is 19.9 Å². The molecule has 1 aliphatic heterocycles. The van der Waals surface area contributed by atoms with Crippen molar-refractivity contribution in [2.75, 3.05) is 6.61 Å². The summed E-state index contributed by atoms with van der Waals surface area (Å²) in [5.41, 5.74) is -0.523. The Balaban J connectivity index is 2.36. The van der Waals surface area contributed by atoms with Gasteiger partial charge in [-0.25, -0.2) is 4.79 Å². The minimum atomic E-state index is -0.925. The monoisotopic (exact) mass is 217 g/mol. The Morgan fingerprint density at radius 2 is 2.20 bits per heavy atom. The Kier molecular flexibility index (Phi) is 3.93. The first-order valence-corrected chi connectivity index (χ1v) is 5.18. The standard InChI is InChI=1S/C10H19NO4/c1-10(2,3)15-9(13)11-7-5-4-6-14-8(7)12/h7-8,12H,4-6H2,1-3H3,(H,11,13)/t7-,8-/m0/s1. The molecule has 0 saturated carbocycles. The van der Waals surface area contributed by atoms with Crippen LogP contribution in [0.4, 0.5) is 4.79 Å². The summed E-state index contributed by atoms with van der Waals surface area (Å²) >= 11 is 0. The van der Waals surface area contributed by atoms with Crippen molar-refractivity contribution in [1.82, 2.24) is 5.32 Å². The van der Waals surface area contributed by atoms with Gasteiger partial charge in [-0.15, -0.1) is 0 Å². The highest BCUT2D eigenvalue weighted by atomic mass is 16.6. The van der Waals surface area contributed by atoms with Crippen molar-refractivity contribution in [3.8, 4) is 0 Å². The molecule has 1 amide bonds. The quantitative estimate of drug-likeness (QED) is 0.687. The van der Waals surface area contributed by atoms with Gasteiger partial charge in [-0.05, 0) is 33.6 Å². The summed E-state index contributed by atoms with van der Waals surface area (Å²) in [6.45, 7) is 5.91. The van der Waals surface area contributed by atoms with E-state index in [-0.39, 0.29) is 6.04 Å². The highest BCUT2D eigenvalue weighted by molar-refractivity contribution is 5.68. The van der Waals surface area contributed by atoms with Gasteiger partial charge in [0.1, 0.15) is 5.60 Å². The van der Waals surface area contributed by atoms with Gasteiger partial charge in [-0.1, -0.05) is 0 Å². The maximum Gasteiger partial charge on any atom is 0.408 e. The van der Waals surface area contributed by atoms with Gasteiger partial charge in [0, 0.05) is 6.61 Å². The van der Waals surface area contributed by atoms with E-state index in [1.807, 2.05) is 0 Å². The number of amides is 1. The Labute approximate surface area is 89.8 Å². The molecule has 5 heteroatoms. The van der Waals surface area contributed by atoms with Crippen LogP contribution in [0.15, 0.2) is 0 Å². The van der Waals surface area contributed by atoms with Crippen LogP contribution >= 0.6 is 0 Å². The number of hydrogen-bond donors (Lipinski definition) is 2. The summed E-state index contributed by atoms with van der Waals surface area (Å²) < 4.78 is 10.1. The van der Waals surface area contributed by atoms with Crippen LogP contribution in [0, 0.1) is 0 Å². The van der Waals surface area contributed by atoms with Crippen LogP contribution in [0.1, 0.15) is 33.6 Å². The summed E-state index contributed by atoms with van der Waals surface area (Å²) in [4.78, 5) is 11.4. The number of aliphatic hydroxyl groups is 1. The summed E-state index contributed by atoms with van der Waals surface area (Å²) in [6, 6.07) is -0.367. The first-order valence-electron chi connectivity index (χ1n) is 5.18. The van der Waals surface area contributed by atoms with Crippen LogP contribution in [-0.2, 0) is 9.47 Å². The summed E-state index contributed by atoms with van der Waals surface area (Å²) in [7, 11) is 0. The second kappa shape index (κ2) is 4.81. The fraction of sp³-hybridized carbons (Fsp3) is 0.900. The van der Waals surface area contributed by atoms with E-state index in [4.69, 9.17) is 9.47 Å². The molecule has 0 spiro atoms. The molecule has 2 N–H and O–H groups in total. The first kappa shape index (κ1) is 12.3. The first-order chi connectivity index (χ1) is 6.88. The number of alkyl carbamates (subject to hydrolysis) is 1.